The Bertz CT molecular complexity index is 611. The van der Waals surface area contributed by atoms with Crippen LogP contribution in [0.5, 0.6) is 0 Å². The van der Waals surface area contributed by atoms with Crippen molar-refractivity contribution in [2.24, 2.45) is 0 Å². The fraction of sp³-hybridized carbons (Fsp3) is 0.222. The summed E-state index contributed by atoms with van der Waals surface area (Å²) in [5, 5.41) is 11.8. The minimum absolute atomic E-state index is 0.0780. The molecule has 114 valence electrons. The standard InChI is InChI=1S/C18H19NO3/c20-17(21)13-16(12-11-14-7-3-1-4-8-14)19-18(22)15-9-5-2-6-10-15/h1-10,16H,11-13H2,(H,19,22)(H,20,21). The Kier molecular flexibility index (Phi) is 5.72. The number of hydrogen-bond donors (Lipinski definition) is 2. The zero-order chi connectivity index (χ0) is 15.8. The number of aryl methyl sites for hydroxylation is 1. The topological polar surface area (TPSA) is 66.4 Å². The third-order valence-electron chi connectivity index (χ3n) is 3.42. The van der Waals surface area contributed by atoms with Gasteiger partial charge in [-0.3, -0.25) is 9.59 Å². The summed E-state index contributed by atoms with van der Waals surface area (Å²) in [4.78, 5) is 23.1. The van der Waals surface area contributed by atoms with E-state index >= 15 is 0 Å². The van der Waals surface area contributed by atoms with E-state index in [-0.39, 0.29) is 18.4 Å². The molecule has 0 spiro atoms. The zero-order valence-electron chi connectivity index (χ0n) is 12.2. The summed E-state index contributed by atoms with van der Waals surface area (Å²) in [5.74, 6) is -1.15. The van der Waals surface area contributed by atoms with Gasteiger partial charge in [0.25, 0.3) is 5.91 Å². The van der Waals surface area contributed by atoms with Gasteiger partial charge in [-0.2, -0.15) is 0 Å². The lowest BCUT2D eigenvalue weighted by molar-refractivity contribution is -0.137. The number of carbonyl (C=O) groups excluding carboxylic acids is 1. The predicted octanol–water partition coefficient (Wildman–Crippen LogP) is 2.89. The summed E-state index contributed by atoms with van der Waals surface area (Å²) in [6.07, 6.45) is 1.24. The Morgan fingerprint density at radius 1 is 0.955 bits per heavy atom. The fourth-order valence-corrected chi connectivity index (χ4v) is 2.28. The minimum Gasteiger partial charge on any atom is -0.481 e. The van der Waals surface area contributed by atoms with Gasteiger partial charge in [0.2, 0.25) is 0 Å². The maximum absolute atomic E-state index is 12.1. The third kappa shape index (κ3) is 5.05. The number of amides is 1. The van der Waals surface area contributed by atoms with Crippen LogP contribution < -0.4 is 5.32 Å². The molecule has 1 amide bonds. The highest BCUT2D eigenvalue weighted by Crippen LogP contribution is 2.09. The lowest BCUT2D eigenvalue weighted by Crippen LogP contribution is -2.36. The molecule has 0 aromatic heterocycles. The Morgan fingerprint density at radius 2 is 1.55 bits per heavy atom. The normalized spacial score (nSPS) is 11.6. The van der Waals surface area contributed by atoms with Crippen molar-refractivity contribution in [2.45, 2.75) is 25.3 Å². The van der Waals surface area contributed by atoms with Gasteiger partial charge in [-0.1, -0.05) is 48.5 Å². The van der Waals surface area contributed by atoms with Crippen LogP contribution in [0.2, 0.25) is 0 Å². The van der Waals surface area contributed by atoms with Crippen molar-refractivity contribution < 1.29 is 14.7 Å². The van der Waals surface area contributed by atoms with Crippen molar-refractivity contribution >= 4 is 11.9 Å². The van der Waals surface area contributed by atoms with E-state index in [9.17, 15) is 9.59 Å². The van der Waals surface area contributed by atoms with Gasteiger partial charge >= 0.3 is 5.97 Å². The van der Waals surface area contributed by atoms with Gasteiger partial charge in [-0.25, -0.2) is 0 Å². The third-order valence-corrected chi connectivity index (χ3v) is 3.42. The van der Waals surface area contributed by atoms with Crippen molar-refractivity contribution in [3.05, 3.63) is 71.8 Å². The van der Waals surface area contributed by atoms with Crippen LogP contribution in [0.25, 0.3) is 0 Å². The monoisotopic (exact) mass is 297 g/mol. The summed E-state index contributed by atoms with van der Waals surface area (Å²) in [5.41, 5.74) is 1.67. The first kappa shape index (κ1) is 15.8. The summed E-state index contributed by atoms with van der Waals surface area (Å²) >= 11 is 0. The van der Waals surface area contributed by atoms with Crippen LogP contribution in [0.1, 0.15) is 28.8 Å². The first-order valence-corrected chi connectivity index (χ1v) is 7.27. The molecule has 22 heavy (non-hydrogen) atoms. The number of benzene rings is 2. The Morgan fingerprint density at radius 3 is 2.14 bits per heavy atom. The molecule has 0 fully saturated rings. The van der Waals surface area contributed by atoms with Crippen LogP contribution in [0.15, 0.2) is 60.7 Å². The van der Waals surface area contributed by atoms with Crippen LogP contribution in [0.4, 0.5) is 0 Å². The van der Waals surface area contributed by atoms with Crippen molar-refractivity contribution in [2.75, 3.05) is 0 Å². The molecule has 4 heteroatoms. The molecule has 1 unspecified atom stereocenters. The lowest BCUT2D eigenvalue weighted by atomic mass is 10.0. The molecule has 0 aliphatic rings. The highest BCUT2D eigenvalue weighted by molar-refractivity contribution is 5.94. The molecule has 0 bridgehead atoms. The molecule has 1 atom stereocenters. The van der Waals surface area contributed by atoms with E-state index in [4.69, 9.17) is 5.11 Å². The SMILES string of the molecule is O=C(O)CC(CCc1ccccc1)NC(=O)c1ccccc1. The summed E-state index contributed by atoms with van der Waals surface area (Å²) in [6, 6.07) is 18.3. The molecular formula is C18H19NO3. The largest absolute Gasteiger partial charge is 0.481 e. The molecule has 0 saturated heterocycles. The predicted molar refractivity (Wildman–Crippen MR) is 84.7 cm³/mol. The van der Waals surface area contributed by atoms with E-state index in [1.54, 1.807) is 24.3 Å². The highest BCUT2D eigenvalue weighted by atomic mass is 16.4. The average Bonchev–Trinajstić information content (AvgIpc) is 2.54. The van der Waals surface area contributed by atoms with Gasteiger partial charge in [0, 0.05) is 11.6 Å². The molecule has 0 saturated carbocycles. The van der Waals surface area contributed by atoms with E-state index in [1.807, 2.05) is 36.4 Å². The second-order valence-corrected chi connectivity index (χ2v) is 5.16. The summed E-state index contributed by atoms with van der Waals surface area (Å²) in [7, 11) is 0. The van der Waals surface area contributed by atoms with Gasteiger partial charge in [0.1, 0.15) is 0 Å². The van der Waals surface area contributed by atoms with Crippen LogP contribution >= 0.6 is 0 Å². The first-order valence-electron chi connectivity index (χ1n) is 7.27. The summed E-state index contributed by atoms with van der Waals surface area (Å²) in [6.45, 7) is 0. The van der Waals surface area contributed by atoms with E-state index in [0.717, 1.165) is 12.0 Å². The maximum Gasteiger partial charge on any atom is 0.305 e. The smallest absolute Gasteiger partial charge is 0.305 e. The van der Waals surface area contributed by atoms with Crippen molar-refractivity contribution in [1.29, 1.82) is 0 Å². The van der Waals surface area contributed by atoms with Crippen molar-refractivity contribution in [3.63, 3.8) is 0 Å². The second-order valence-electron chi connectivity index (χ2n) is 5.16. The van der Waals surface area contributed by atoms with Gasteiger partial charge in [0.05, 0.1) is 6.42 Å². The second kappa shape index (κ2) is 7.98. The van der Waals surface area contributed by atoms with Crippen LogP contribution in [0.3, 0.4) is 0 Å². The van der Waals surface area contributed by atoms with E-state index in [1.165, 1.54) is 0 Å². The van der Waals surface area contributed by atoms with E-state index in [0.29, 0.717) is 12.0 Å². The number of carbonyl (C=O) groups is 2. The van der Waals surface area contributed by atoms with Crippen LogP contribution in [0, 0.1) is 0 Å². The molecule has 2 rings (SSSR count). The molecule has 2 aromatic carbocycles. The molecule has 2 N–H and O–H groups in total. The van der Waals surface area contributed by atoms with E-state index < -0.39 is 5.97 Å². The van der Waals surface area contributed by atoms with Gasteiger partial charge in [0.15, 0.2) is 0 Å². The number of hydrogen-bond acceptors (Lipinski definition) is 2. The van der Waals surface area contributed by atoms with Gasteiger partial charge in [-0.15, -0.1) is 0 Å². The number of rotatable bonds is 7. The molecule has 4 nitrogen and oxygen atoms in total. The van der Waals surface area contributed by atoms with Gasteiger partial charge in [-0.05, 0) is 30.5 Å². The van der Waals surface area contributed by atoms with Crippen molar-refractivity contribution in [3.8, 4) is 0 Å². The van der Waals surface area contributed by atoms with Crippen LogP contribution in [-0.4, -0.2) is 23.0 Å². The quantitative estimate of drug-likeness (QED) is 0.826. The fourth-order valence-electron chi connectivity index (χ4n) is 2.28. The molecule has 0 heterocycles. The first-order chi connectivity index (χ1) is 10.6. The van der Waals surface area contributed by atoms with Crippen LogP contribution in [-0.2, 0) is 11.2 Å². The number of carboxylic acid groups (broad SMARTS) is 1. The summed E-state index contributed by atoms with van der Waals surface area (Å²) < 4.78 is 0. The minimum atomic E-state index is -0.911. The molecular weight excluding hydrogens is 278 g/mol. The van der Waals surface area contributed by atoms with E-state index in [2.05, 4.69) is 5.32 Å². The Hall–Kier alpha value is -2.62. The molecule has 0 aliphatic carbocycles. The van der Waals surface area contributed by atoms with Gasteiger partial charge < -0.3 is 10.4 Å². The molecule has 0 radical (unpaired) electrons. The Balaban J connectivity index is 1.97. The number of nitrogens with one attached hydrogen (secondary N) is 1. The average molecular weight is 297 g/mol. The zero-order valence-corrected chi connectivity index (χ0v) is 12.2. The Labute approximate surface area is 129 Å². The van der Waals surface area contributed by atoms with Crippen molar-refractivity contribution in [1.82, 2.24) is 5.32 Å². The highest BCUT2D eigenvalue weighted by Gasteiger charge is 2.16. The maximum atomic E-state index is 12.1. The number of aliphatic carboxylic acids is 1. The number of carboxylic acids is 1. The molecule has 2 aromatic rings. The molecule has 0 aliphatic heterocycles. The lowest BCUT2D eigenvalue weighted by Gasteiger charge is -2.17.